The summed E-state index contributed by atoms with van der Waals surface area (Å²) in [5, 5.41) is 0. The molecule has 0 N–H and O–H groups in total. The van der Waals surface area contributed by atoms with E-state index in [0.29, 0.717) is 12.6 Å². The maximum Gasteiger partial charge on any atom is 0.248 e. The van der Waals surface area contributed by atoms with E-state index in [1.165, 1.54) is 12.8 Å². The zero-order valence-electron chi connectivity index (χ0n) is 10.0. The first-order chi connectivity index (χ1) is 7.15. The molecule has 0 spiro atoms. The van der Waals surface area contributed by atoms with Crippen molar-refractivity contribution in [1.29, 1.82) is 0 Å². The molecule has 4 nitrogen and oxygen atoms in total. The lowest BCUT2D eigenvalue weighted by atomic mass is 10.2. The van der Waals surface area contributed by atoms with E-state index >= 15 is 0 Å². The van der Waals surface area contributed by atoms with Crippen molar-refractivity contribution in [2.75, 3.05) is 40.4 Å². The van der Waals surface area contributed by atoms with Crippen LogP contribution in [0.5, 0.6) is 0 Å². The van der Waals surface area contributed by atoms with Crippen molar-refractivity contribution in [3.8, 4) is 0 Å². The molecule has 1 aliphatic heterocycles. The third kappa shape index (κ3) is 3.80. The van der Waals surface area contributed by atoms with Crippen molar-refractivity contribution in [1.82, 2.24) is 9.80 Å². The van der Waals surface area contributed by atoms with Crippen LogP contribution < -0.4 is 0 Å². The van der Waals surface area contributed by atoms with Crippen molar-refractivity contribution in [2.45, 2.75) is 25.8 Å². The molecule has 1 fully saturated rings. The molecular formula is C11H22N2O2. The molecule has 1 saturated heterocycles. The number of hydrogen-bond donors (Lipinski definition) is 0. The Balaban J connectivity index is 2.27. The minimum Gasteiger partial charge on any atom is -0.372 e. The molecule has 0 radical (unpaired) electrons. The summed E-state index contributed by atoms with van der Waals surface area (Å²) in [5.41, 5.74) is 0. The fraction of sp³-hybridized carbons (Fsp3) is 0.909. The van der Waals surface area contributed by atoms with E-state index < -0.39 is 0 Å². The first-order valence-electron chi connectivity index (χ1n) is 5.67. The third-order valence-electron chi connectivity index (χ3n) is 3.01. The van der Waals surface area contributed by atoms with Gasteiger partial charge in [-0.05, 0) is 33.4 Å². The molecule has 0 bridgehead atoms. The summed E-state index contributed by atoms with van der Waals surface area (Å²) in [6.07, 6.45) is 2.44. The van der Waals surface area contributed by atoms with Crippen molar-refractivity contribution < 1.29 is 9.53 Å². The largest absolute Gasteiger partial charge is 0.372 e. The van der Waals surface area contributed by atoms with Crippen molar-refractivity contribution in [3.05, 3.63) is 0 Å². The molecule has 0 aromatic rings. The van der Waals surface area contributed by atoms with Gasteiger partial charge >= 0.3 is 0 Å². The Morgan fingerprint density at radius 3 is 2.87 bits per heavy atom. The molecule has 1 amide bonds. The van der Waals surface area contributed by atoms with Crippen molar-refractivity contribution in [2.24, 2.45) is 0 Å². The van der Waals surface area contributed by atoms with Gasteiger partial charge < -0.3 is 14.5 Å². The van der Waals surface area contributed by atoms with Crippen molar-refractivity contribution >= 4 is 5.91 Å². The SMILES string of the molecule is CCOCC(=O)N(C)CC1CCCN1C. The maximum absolute atomic E-state index is 11.6. The summed E-state index contributed by atoms with van der Waals surface area (Å²) < 4.78 is 5.10. The Bertz CT molecular complexity index is 209. The van der Waals surface area contributed by atoms with E-state index in [2.05, 4.69) is 11.9 Å². The van der Waals surface area contributed by atoms with E-state index in [1.54, 1.807) is 4.90 Å². The van der Waals surface area contributed by atoms with Crippen LogP contribution in [0.15, 0.2) is 0 Å². The summed E-state index contributed by atoms with van der Waals surface area (Å²) in [5.74, 6) is 0.0807. The molecule has 1 aliphatic rings. The van der Waals surface area contributed by atoms with Gasteiger partial charge in [0.2, 0.25) is 5.91 Å². The Morgan fingerprint density at radius 2 is 2.33 bits per heavy atom. The van der Waals surface area contributed by atoms with Gasteiger partial charge in [0.1, 0.15) is 6.61 Å². The highest BCUT2D eigenvalue weighted by molar-refractivity contribution is 5.77. The van der Waals surface area contributed by atoms with Crippen molar-refractivity contribution in [3.63, 3.8) is 0 Å². The quantitative estimate of drug-likeness (QED) is 0.671. The molecule has 0 saturated carbocycles. The lowest BCUT2D eigenvalue weighted by Gasteiger charge is -2.25. The number of nitrogens with zero attached hydrogens (tertiary/aromatic N) is 2. The van der Waals surface area contributed by atoms with Gasteiger partial charge in [0.15, 0.2) is 0 Å². The number of rotatable bonds is 5. The number of amides is 1. The van der Waals surface area contributed by atoms with Gasteiger partial charge in [-0.15, -0.1) is 0 Å². The monoisotopic (exact) mass is 214 g/mol. The summed E-state index contributed by atoms with van der Waals surface area (Å²) in [6, 6.07) is 0.528. The standard InChI is InChI=1S/C11H22N2O2/c1-4-15-9-11(14)13(3)8-10-6-5-7-12(10)2/h10H,4-9H2,1-3H3. The number of carbonyl (C=O) groups is 1. The molecule has 1 rings (SSSR count). The molecule has 15 heavy (non-hydrogen) atoms. The topological polar surface area (TPSA) is 32.8 Å². The van der Waals surface area contributed by atoms with Gasteiger partial charge in [-0.2, -0.15) is 0 Å². The predicted octanol–water partition coefficient (Wildman–Crippen LogP) is 0.575. The van der Waals surface area contributed by atoms with Gasteiger partial charge in [-0.3, -0.25) is 4.79 Å². The van der Waals surface area contributed by atoms with Crippen LogP contribution in [-0.2, 0) is 9.53 Å². The number of hydrogen-bond acceptors (Lipinski definition) is 3. The highest BCUT2D eigenvalue weighted by atomic mass is 16.5. The maximum atomic E-state index is 11.6. The van der Waals surface area contributed by atoms with Crippen LogP contribution >= 0.6 is 0 Å². The Kier molecular flexibility index (Phi) is 5.05. The fourth-order valence-electron chi connectivity index (χ4n) is 1.93. The number of ether oxygens (including phenoxy) is 1. The van der Waals surface area contributed by atoms with E-state index in [1.807, 2.05) is 14.0 Å². The van der Waals surface area contributed by atoms with Crippen LogP contribution in [0.1, 0.15) is 19.8 Å². The Labute approximate surface area is 92.2 Å². The average molecular weight is 214 g/mol. The number of likely N-dealkylation sites (tertiary alicyclic amines) is 1. The normalized spacial score (nSPS) is 21.9. The predicted molar refractivity (Wildman–Crippen MR) is 59.8 cm³/mol. The van der Waals surface area contributed by atoms with Crippen LogP contribution in [0.4, 0.5) is 0 Å². The molecule has 0 aliphatic carbocycles. The van der Waals surface area contributed by atoms with Crippen LogP contribution in [-0.4, -0.2) is 62.1 Å². The zero-order valence-corrected chi connectivity index (χ0v) is 10.0. The highest BCUT2D eigenvalue weighted by Gasteiger charge is 2.23. The summed E-state index contributed by atoms with van der Waals surface area (Å²) in [4.78, 5) is 15.7. The summed E-state index contributed by atoms with van der Waals surface area (Å²) in [7, 11) is 3.98. The highest BCUT2D eigenvalue weighted by Crippen LogP contribution is 2.15. The molecule has 0 aromatic heterocycles. The van der Waals surface area contributed by atoms with Gasteiger partial charge in [0, 0.05) is 26.2 Å². The second kappa shape index (κ2) is 6.08. The van der Waals surface area contributed by atoms with Crippen LogP contribution in [0.3, 0.4) is 0 Å². The third-order valence-corrected chi connectivity index (χ3v) is 3.01. The smallest absolute Gasteiger partial charge is 0.248 e. The Morgan fingerprint density at radius 1 is 1.60 bits per heavy atom. The number of likely N-dealkylation sites (N-methyl/N-ethyl adjacent to an activating group) is 2. The summed E-state index contributed by atoms with van der Waals surface area (Å²) in [6.45, 7) is 4.69. The first kappa shape index (κ1) is 12.5. The van der Waals surface area contributed by atoms with Gasteiger partial charge in [-0.1, -0.05) is 0 Å². The first-order valence-corrected chi connectivity index (χ1v) is 5.67. The van der Waals surface area contributed by atoms with E-state index in [9.17, 15) is 4.79 Å². The molecule has 88 valence electrons. The number of carbonyl (C=O) groups excluding carboxylic acids is 1. The van der Waals surface area contributed by atoms with Gasteiger partial charge in [0.05, 0.1) is 0 Å². The molecule has 4 heteroatoms. The fourth-order valence-corrected chi connectivity index (χ4v) is 1.93. The van der Waals surface area contributed by atoms with Crippen LogP contribution in [0, 0.1) is 0 Å². The van der Waals surface area contributed by atoms with E-state index in [0.717, 1.165) is 13.1 Å². The Hall–Kier alpha value is -0.610. The molecule has 0 aromatic carbocycles. The summed E-state index contributed by atoms with van der Waals surface area (Å²) >= 11 is 0. The lowest BCUT2D eigenvalue weighted by molar-refractivity contribution is -0.135. The van der Waals surface area contributed by atoms with Crippen LogP contribution in [0.25, 0.3) is 0 Å². The second-order valence-corrected chi connectivity index (χ2v) is 4.19. The minimum absolute atomic E-state index is 0.0807. The van der Waals surface area contributed by atoms with Gasteiger partial charge in [0.25, 0.3) is 0 Å². The van der Waals surface area contributed by atoms with E-state index in [-0.39, 0.29) is 12.5 Å². The lowest BCUT2D eigenvalue weighted by Crippen LogP contribution is -2.40. The molecular weight excluding hydrogens is 192 g/mol. The van der Waals surface area contributed by atoms with Gasteiger partial charge in [-0.25, -0.2) is 0 Å². The molecule has 1 heterocycles. The van der Waals surface area contributed by atoms with Crippen LogP contribution in [0.2, 0.25) is 0 Å². The second-order valence-electron chi connectivity index (χ2n) is 4.19. The van der Waals surface area contributed by atoms with E-state index in [4.69, 9.17) is 4.74 Å². The molecule has 1 atom stereocenters. The average Bonchev–Trinajstić information content (AvgIpc) is 2.61. The zero-order chi connectivity index (χ0) is 11.3. The minimum atomic E-state index is 0.0807. The molecule has 1 unspecified atom stereocenters.